The fourth-order valence-corrected chi connectivity index (χ4v) is 4.79. The molecule has 3 N–H and O–H groups in total. The van der Waals surface area contributed by atoms with Gasteiger partial charge in [0.05, 0.1) is 23.0 Å². The molecule has 0 aliphatic rings. The summed E-state index contributed by atoms with van der Waals surface area (Å²) in [6.07, 6.45) is 0.594. The summed E-state index contributed by atoms with van der Waals surface area (Å²) >= 11 is 7.54. The average molecular weight is 515 g/mol. The molecule has 12 heteroatoms. The zero-order valence-corrected chi connectivity index (χ0v) is 20.2. The highest BCUT2D eigenvalue weighted by Crippen LogP contribution is 2.34. The lowest BCUT2D eigenvalue weighted by Crippen LogP contribution is -2.27. The molecule has 2 amide bonds. The number of carbonyl (C=O) groups is 3. The number of anilines is 1. The third-order valence-electron chi connectivity index (χ3n) is 5.35. The summed E-state index contributed by atoms with van der Waals surface area (Å²) in [4.78, 5) is 41.7. The number of halogens is 2. The summed E-state index contributed by atoms with van der Waals surface area (Å²) in [5.74, 6) is -1.76. The van der Waals surface area contributed by atoms with E-state index in [-0.39, 0.29) is 34.6 Å². The Hall–Kier alpha value is -3.67. The van der Waals surface area contributed by atoms with Gasteiger partial charge in [0.15, 0.2) is 5.82 Å². The Balaban J connectivity index is 1.88. The molecule has 0 saturated heterocycles. The molecule has 2 aromatic carbocycles. The number of nitrogens with zero attached hydrogens (tertiary/aromatic N) is 3. The number of nitrogens with one attached hydrogen (secondary N) is 3. The van der Waals surface area contributed by atoms with Crippen LogP contribution in [-0.2, 0) is 11.3 Å². The SMILES string of the molecule is CNC(=O)c1nc(NC(=O)c2nsc3ccccc23)c(C(NC)c2cc(F)ccc2Cl)n1CC=O. The van der Waals surface area contributed by atoms with E-state index in [9.17, 15) is 18.8 Å². The molecule has 0 saturated carbocycles. The third kappa shape index (κ3) is 4.65. The Labute approximate surface area is 208 Å². The molecular formula is C23H20ClFN6O3S. The van der Waals surface area contributed by atoms with Gasteiger partial charge in [-0.1, -0.05) is 29.8 Å². The van der Waals surface area contributed by atoms with Crippen LogP contribution in [0.4, 0.5) is 10.2 Å². The number of hydrogen-bond acceptors (Lipinski definition) is 7. The van der Waals surface area contributed by atoms with Gasteiger partial charge < -0.3 is 25.3 Å². The highest BCUT2D eigenvalue weighted by atomic mass is 35.5. The number of aldehydes is 1. The van der Waals surface area contributed by atoms with E-state index in [0.717, 1.165) is 4.70 Å². The summed E-state index contributed by atoms with van der Waals surface area (Å²) in [6.45, 7) is -0.244. The van der Waals surface area contributed by atoms with E-state index in [1.807, 2.05) is 12.1 Å². The Bertz CT molecular complexity index is 1440. The second kappa shape index (κ2) is 10.3. The van der Waals surface area contributed by atoms with E-state index in [4.69, 9.17) is 11.6 Å². The van der Waals surface area contributed by atoms with Crippen molar-refractivity contribution in [3.8, 4) is 0 Å². The minimum Gasteiger partial charge on any atom is -0.352 e. The van der Waals surface area contributed by atoms with Gasteiger partial charge >= 0.3 is 0 Å². The lowest BCUT2D eigenvalue weighted by atomic mass is 10.0. The molecule has 2 heterocycles. The first-order valence-electron chi connectivity index (χ1n) is 10.4. The van der Waals surface area contributed by atoms with Crippen molar-refractivity contribution in [2.24, 2.45) is 0 Å². The van der Waals surface area contributed by atoms with Crippen molar-refractivity contribution in [1.29, 1.82) is 0 Å². The summed E-state index contributed by atoms with van der Waals surface area (Å²) in [5.41, 5.74) is 0.769. The van der Waals surface area contributed by atoms with Crippen LogP contribution in [0, 0.1) is 5.82 Å². The second-order valence-electron chi connectivity index (χ2n) is 7.39. The Morgan fingerprint density at radius 3 is 2.69 bits per heavy atom. The molecule has 0 aliphatic heterocycles. The zero-order chi connectivity index (χ0) is 25.1. The van der Waals surface area contributed by atoms with Gasteiger partial charge in [0.25, 0.3) is 11.8 Å². The summed E-state index contributed by atoms with van der Waals surface area (Å²) in [5, 5.41) is 9.13. The zero-order valence-electron chi connectivity index (χ0n) is 18.6. The minimum atomic E-state index is -0.827. The summed E-state index contributed by atoms with van der Waals surface area (Å²) in [6, 6.07) is 10.3. The van der Waals surface area contributed by atoms with Gasteiger partial charge in [-0.05, 0) is 48.4 Å². The number of imidazole rings is 1. The van der Waals surface area contributed by atoms with E-state index in [2.05, 4.69) is 25.3 Å². The number of fused-ring (bicyclic) bond motifs is 1. The molecule has 4 rings (SSSR count). The van der Waals surface area contributed by atoms with Crippen LogP contribution in [0.15, 0.2) is 42.5 Å². The number of aromatic nitrogens is 3. The van der Waals surface area contributed by atoms with Gasteiger partial charge in [-0.3, -0.25) is 9.59 Å². The Morgan fingerprint density at radius 1 is 1.20 bits per heavy atom. The second-order valence-corrected chi connectivity index (χ2v) is 8.61. The van der Waals surface area contributed by atoms with Crippen LogP contribution in [0.2, 0.25) is 5.02 Å². The maximum absolute atomic E-state index is 14.1. The van der Waals surface area contributed by atoms with Crippen LogP contribution >= 0.6 is 23.1 Å². The molecule has 0 aliphatic carbocycles. The van der Waals surface area contributed by atoms with E-state index in [1.165, 1.54) is 41.3 Å². The van der Waals surface area contributed by atoms with Crippen LogP contribution in [-0.4, -0.2) is 46.1 Å². The molecule has 1 unspecified atom stereocenters. The molecule has 180 valence electrons. The van der Waals surface area contributed by atoms with Gasteiger partial charge in [-0.25, -0.2) is 9.37 Å². The van der Waals surface area contributed by atoms with Crippen molar-refractivity contribution >= 4 is 57.1 Å². The van der Waals surface area contributed by atoms with Crippen LogP contribution in [0.1, 0.15) is 38.4 Å². The molecule has 0 fully saturated rings. The van der Waals surface area contributed by atoms with Crippen LogP contribution in [0.25, 0.3) is 10.1 Å². The van der Waals surface area contributed by atoms with E-state index >= 15 is 0 Å². The van der Waals surface area contributed by atoms with Gasteiger partial charge in [0, 0.05) is 17.5 Å². The maximum atomic E-state index is 14.1. The first-order chi connectivity index (χ1) is 16.9. The lowest BCUT2D eigenvalue weighted by molar-refractivity contribution is -0.108. The van der Waals surface area contributed by atoms with Crippen molar-refractivity contribution in [1.82, 2.24) is 24.6 Å². The van der Waals surface area contributed by atoms with E-state index in [0.29, 0.717) is 17.2 Å². The van der Waals surface area contributed by atoms with Crippen LogP contribution in [0.3, 0.4) is 0 Å². The quantitative estimate of drug-likeness (QED) is 0.310. The Kier molecular flexibility index (Phi) is 7.20. The lowest BCUT2D eigenvalue weighted by Gasteiger charge is -2.21. The number of carbonyl (C=O) groups excluding carboxylic acids is 3. The smallest absolute Gasteiger partial charge is 0.287 e. The number of amides is 2. The molecule has 2 aromatic heterocycles. The highest BCUT2D eigenvalue weighted by molar-refractivity contribution is 7.13. The molecule has 0 radical (unpaired) electrons. The Morgan fingerprint density at radius 2 is 1.97 bits per heavy atom. The standard InChI is InChI=1S/C23H20ClFN6O3S/c1-26-17(14-11-12(25)7-8-15(14)24)19-20(28-21(23(34)27-2)31(19)9-10-32)29-22(33)18-13-5-3-4-6-16(13)35-30-18/h3-8,10-11,17,26H,9H2,1-2H3,(H,27,34)(H,29,33). The third-order valence-corrected chi connectivity index (χ3v) is 6.52. The fraction of sp³-hybridized carbons (Fsp3) is 0.174. The molecule has 0 bridgehead atoms. The molecule has 9 nitrogen and oxygen atoms in total. The molecule has 4 aromatic rings. The highest BCUT2D eigenvalue weighted by Gasteiger charge is 2.30. The minimum absolute atomic E-state index is 0.00668. The van der Waals surface area contributed by atoms with Crippen molar-refractivity contribution in [3.05, 3.63) is 76.1 Å². The van der Waals surface area contributed by atoms with Crippen LogP contribution in [0.5, 0.6) is 0 Å². The first-order valence-corrected chi connectivity index (χ1v) is 11.6. The summed E-state index contributed by atoms with van der Waals surface area (Å²) in [7, 11) is 3.02. The largest absolute Gasteiger partial charge is 0.352 e. The monoisotopic (exact) mass is 514 g/mol. The van der Waals surface area contributed by atoms with Crippen molar-refractivity contribution in [3.63, 3.8) is 0 Å². The van der Waals surface area contributed by atoms with Gasteiger partial charge in [-0.15, -0.1) is 0 Å². The average Bonchev–Trinajstić information content (AvgIpc) is 3.44. The predicted molar refractivity (Wildman–Crippen MR) is 132 cm³/mol. The summed E-state index contributed by atoms with van der Waals surface area (Å²) < 4.78 is 20.6. The van der Waals surface area contributed by atoms with Crippen molar-refractivity contribution in [2.45, 2.75) is 12.6 Å². The molecular weight excluding hydrogens is 495 g/mol. The number of rotatable bonds is 8. The maximum Gasteiger partial charge on any atom is 0.287 e. The van der Waals surface area contributed by atoms with Crippen molar-refractivity contribution in [2.75, 3.05) is 19.4 Å². The van der Waals surface area contributed by atoms with E-state index in [1.54, 1.807) is 19.2 Å². The van der Waals surface area contributed by atoms with Gasteiger partial charge in [0.1, 0.15) is 17.8 Å². The molecule has 0 spiro atoms. The molecule has 1 atom stereocenters. The predicted octanol–water partition coefficient (Wildman–Crippen LogP) is 3.40. The van der Waals surface area contributed by atoms with Crippen LogP contribution < -0.4 is 16.0 Å². The number of benzene rings is 2. The van der Waals surface area contributed by atoms with Gasteiger partial charge in [-0.2, -0.15) is 4.37 Å². The van der Waals surface area contributed by atoms with E-state index < -0.39 is 23.7 Å². The first kappa shape index (κ1) is 24.5. The molecule has 35 heavy (non-hydrogen) atoms. The topological polar surface area (TPSA) is 118 Å². The van der Waals surface area contributed by atoms with Gasteiger partial charge in [0.2, 0.25) is 5.82 Å². The number of hydrogen-bond donors (Lipinski definition) is 3. The normalized spacial score (nSPS) is 11.9. The van der Waals surface area contributed by atoms with Crippen molar-refractivity contribution < 1.29 is 18.8 Å². The fourth-order valence-electron chi connectivity index (χ4n) is 3.79.